The number of nitrogens with one attached hydrogen (secondary N) is 1. The van der Waals surface area contributed by atoms with E-state index in [1.165, 1.54) is 18.2 Å². The summed E-state index contributed by atoms with van der Waals surface area (Å²) >= 11 is 0. The molecule has 1 aromatic carbocycles. The summed E-state index contributed by atoms with van der Waals surface area (Å²) in [7, 11) is 0. The number of hydrogen-bond donors (Lipinski definition) is 2. The van der Waals surface area contributed by atoms with Crippen LogP contribution in [0.5, 0.6) is 5.75 Å². The van der Waals surface area contributed by atoms with Crippen molar-refractivity contribution in [3.63, 3.8) is 0 Å². The van der Waals surface area contributed by atoms with Crippen molar-refractivity contribution in [2.75, 3.05) is 19.6 Å². The van der Waals surface area contributed by atoms with Crippen molar-refractivity contribution in [1.29, 1.82) is 0 Å². The average Bonchev–Trinajstić information content (AvgIpc) is 2.42. The van der Waals surface area contributed by atoms with Crippen molar-refractivity contribution in [3.05, 3.63) is 29.6 Å². The SMILES string of the molecule is CCN1CCC(NC(C)c2cc(F)ccc2O)CC1. The van der Waals surface area contributed by atoms with E-state index >= 15 is 0 Å². The smallest absolute Gasteiger partial charge is 0.123 e. The largest absolute Gasteiger partial charge is 0.508 e. The fraction of sp³-hybridized carbons (Fsp3) is 0.600. The monoisotopic (exact) mass is 266 g/mol. The van der Waals surface area contributed by atoms with Gasteiger partial charge in [0.25, 0.3) is 0 Å². The molecule has 1 aliphatic heterocycles. The van der Waals surface area contributed by atoms with Gasteiger partial charge in [0.1, 0.15) is 11.6 Å². The zero-order valence-electron chi connectivity index (χ0n) is 11.7. The third kappa shape index (κ3) is 3.67. The van der Waals surface area contributed by atoms with E-state index in [1.54, 1.807) is 0 Å². The number of aromatic hydroxyl groups is 1. The molecule has 1 aromatic rings. The zero-order chi connectivity index (χ0) is 13.8. The fourth-order valence-electron chi connectivity index (χ4n) is 2.73. The number of halogens is 1. The quantitative estimate of drug-likeness (QED) is 0.879. The van der Waals surface area contributed by atoms with Gasteiger partial charge in [-0.2, -0.15) is 0 Å². The third-order valence-electron chi connectivity index (χ3n) is 3.98. The van der Waals surface area contributed by atoms with E-state index in [2.05, 4.69) is 17.1 Å². The van der Waals surface area contributed by atoms with Crippen molar-refractivity contribution in [2.24, 2.45) is 0 Å². The van der Waals surface area contributed by atoms with Gasteiger partial charge < -0.3 is 15.3 Å². The van der Waals surface area contributed by atoms with Gasteiger partial charge in [0.15, 0.2) is 0 Å². The summed E-state index contributed by atoms with van der Waals surface area (Å²) in [6.45, 7) is 7.47. The van der Waals surface area contributed by atoms with Gasteiger partial charge >= 0.3 is 0 Å². The second-order valence-electron chi connectivity index (χ2n) is 5.30. The number of rotatable bonds is 4. The van der Waals surface area contributed by atoms with Gasteiger partial charge in [-0.15, -0.1) is 0 Å². The summed E-state index contributed by atoms with van der Waals surface area (Å²) in [5, 5.41) is 13.3. The number of nitrogens with zero attached hydrogens (tertiary/aromatic N) is 1. The Kier molecular flexibility index (Phi) is 4.77. The number of phenolic OH excluding ortho intramolecular Hbond substituents is 1. The molecule has 0 spiro atoms. The van der Waals surface area contributed by atoms with Gasteiger partial charge in [0.05, 0.1) is 0 Å². The minimum absolute atomic E-state index is 0.0334. The van der Waals surface area contributed by atoms with Crippen molar-refractivity contribution in [2.45, 2.75) is 38.8 Å². The Hall–Kier alpha value is -1.13. The first-order valence-corrected chi connectivity index (χ1v) is 7.07. The highest BCUT2D eigenvalue weighted by molar-refractivity contribution is 5.34. The number of benzene rings is 1. The molecular weight excluding hydrogens is 243 g/mol. The summed E-state index contributed by atoms with van der Waals surface area (Å²) in [5.74, 6) is -0.144. The molecule has 3 nitrogen and oxygen atoms in total. The summed E-state index contributed by atoms with van der Waals surface area (Å²) < 4.78 is 13.2. The molecule has 0 amide bonds. The number of hydrogen-bond acceptors (Lipinski definition) is 3. The molecule has 0 bridgehead atoms. The van der Waals surface area contributed by atoms with Gasteiger partial charge in [-0.25, -0.2) is 4.39 Å². The Morgan fingerprint density at radius 2 is 2.11 bits per heavy atom. The minimum Gasteiger partial charge on any atom is -0.508 e. The van der Waals surface area contributed by atoms with Crippen LogP contribution in [-0.2, 0) is 0 Å². The molecule has 1 saturated heterocycles. The van der Waals surface area contributed by atoms with Crippen LogP contribution in [0.2, 0.25) is 0 Å². The molecule has 106 valence electrons. The van der Waals surface area contributed by atoms with Gasteiger partial charge in [0, 0.05) is 17.6 Å². The maximum absolute atomic E-state index is 13.2. The lowest BCUT2D eigenvalue weighted by molar-refractivity contribution is 0.200. The molecule has 1 heterocycles. The lowest BCUT2D eigenvalue weighted by Gasteiger charge is -2.33. The van der Waals surface area contributed by atoms with E-state index in [1.807, 2.05) is 6.92 Å². The van der Waals surface area contributed by atoms with Crippen LogP contribution in [0, 0.1) is 5.82 Å². The van der Waals surface area contributed by atoms with E-state index in [4.69, 9.17) is 0 Å². The van der Waals surface area contributed by atoms with Gasteiger partial charge in [0.2, 0.25) is 0 Å². The molecule has 19 heavy (non-hydrogen) atoms. The Labute approximate surface area is 114 Å². The lowest BCUT2D eigenvalue weighted by atomic mass is 10.0. The van der Waals surface area contributed by atoms with Crippen LogP contribution in [0.3, 0.4) is 0 Å². The molecule has 2 N–H and O–H groups in total. The molecule has 0 aromatic heterocycles. The highest BCUT2D eigenvalue weighted by Gasteiger charge is 2.21. The Morgan fingerprint density at radius 3 is 2.74 bits per heavy atom. The lowest BCUT2D eigenvalue weighted by Crippen LogP contribution is -2.43. The maximum Gasteiger partial charge on any atom is 0.123 e. The molecule has 0 saturated carbocycles. The molecular formula is C15H23FN2O. The number of piperidine rings is 1. The van der Waals surface area contributed by atoms with Crippen LogP contribution < -0.4 is 5.32 Å². The average molecular weight is 266 g/mol. The van der Waals surface area contributed by atoms with Gasteiger partial charge in [-0.05, 0) is 57.6 Å². The molecule has 0 aliphatic carbocycles. The molecule has 1 atom stereocenters. The Balaban J connectivity index is 1.94. The molecule has 1 unspecified atom stereocenters. The van der Waals surface area contributed by atoms with Crippen molar-refractivity contribution in [1.82, 2.24) is 10.2 Å². The first-order valence-electron chi connectivity index (χ1n) is 7.07. The molecule has 1 aliphatic rings. The summed E-state index contributed by atoms with van der Waals surface area (Å²) in [6.07, 6.45) is 2.21. The summed E-state index contributed by atoms with van der Waals surface area (Å²) in [5.41, 5.74) is 0.637. The van der Waals surface area contributed by atoms with Crippen LogP contribution in [-0.4, -0.2) is 35.7 Å². The highest BCUT2D eigenvalue weighted by Crippen LogP contribution is 2.26. The third-order valence-corrected chi connectivity index (χ3v) is 3.98. The number of likely N-dealkylation sites (tertiary alicyclic amines) is 1. The Bertz CT molecular complexity index is 417. The standard InChI is InChI=1S/C15H23FN2O/c1-3-18-8-6-13(7-9-18)17-11(2)14-10-12(16)4-5-15(14)19/h4-5,10-11,13,17,19H,3,6-9H2,1-2H3. The first kappa shape index (κ1) is 14.3. The van der Waals surface area contributed by atoms with Crippen LogP contribution in [0.4, 0.5) is 4.39 Å². The number of phenols is 1. The predicted octanol–water partition coefficient (Wildman–Crippen LogP) is 2.67. The van der Waals surface area contributed by atoms with E-state index in [0.29, 0.717) is 11.6 Å². The molecule has 2 rings (SSSR count). The minimum atomic E-state index is -0.303. The van der Waals surface area contributed by atoms with Crippen molar-refractivity contribution < 1.29 is 9.50 Å². The second-order valence-corrected chi connectivity index (χ2v) is 5.30. The second kappa shape index (κ2) is 6.35. The van der Waals surface area contributed by atoms with E-state index < -0.39 is 0 Å². The topological polar surface area (TPSA) is 35.5 Å². The fourth-order valence-corrected chi connectivity index (χ4v) is 2.73. The molecule has 1 fully saturated rings. The first-order chi connectivity index (χ1) is 9.10. The van der Waals surface area contributed by atoms with Gasteiger partial charge in [-0.3, -0.25) is 0 Å². The van der Waals surface area contributed by atoms with E-state index in [0.717, 1.165) is 32.5 Å². The van der Waals surface area contributed by atoms with Crippen molar-refractivity contribution >= 4 is 0 Å². The molecule has 0 radical (unpaired) electrons. The Morgan fingerprint density at radius 1 is 1.42 bits per heavy atom. The van der Waals surface area contributed by atoms with Gasteiger partial charge in [-0.1, -0.05) is 6.92 Å². The zero-order valence-corrected chi connectivity index (χ0v) is 11.7. The van der Waals surface area contributed by atoms with Crippen LogP contribution in [0.15, 0.2) is 18.2 Å². The molecule has 4 heteroatoms. The predicted molar refractivity (Wildman–Crippen MR) is 74.8 cm³/mol. The summed E-state index contributed by atoms with van der Waals surface area (Å²) in [4.78, 5) is 2.43. The maximum atomic E-state index is 13.2. The van der Waals surface area contributed by atoms with Crippen molar-refractivity contribution in [3.8, 4) is 5.75 Å². The summed E-state index contributed by atoms with van der Waals surface area (Å²) in [6, 6.07) is 4.52. The van der Waals surface area contributed by atoms with E-state index in [9.17, 15) is 9.50 Å². The van der Waals surface area contributed by atoms with E-state index in [-0.39, 0.29) is 17.6 Å². The van der Waals surface area contributed by atoms with Crippen LogP contribution >= 0.6 is 0 Å². The highest BCUT2D eigenvalue weighted by atomic mass is 19.1. The van der Waals surface area contributed by atoms with Crippen LogP contribution in [0.25, 0.3) is 0 Å². The van der Waals surface area contributed by atoms with Crippen LogP contribution in [0.1, 0.15) is 38.3 Å². The normalized spacial score (nSPS) is 19.5.